The molecule has 0 aliphatic rings. The predicted octanol–water partition coefficient (Wildman–Crippen LogP) is 1.63. The van der Waals surface area contributed by atoms with Gasteiger partial charge >= 0.3 is 0 Å². The summed E-state index contributed by atoms with van der Waals surface area (Å²) in [7, 11) is 6.19. The molecule has 0 radical (unpaired) electrons. The maximum Gasteiger partial charge on any atom is 0.162 e. The van der Waals surface area contributed by atoms with E-state index in [0.717, 1.165) is 5.69 Å². The Morgan fingerprint density at radius 2 is 1.47 bits per heavy atom. The third-order valence-corrected chi connectivity index (χ3v) is 1.91. The van der Waals surface area contributed by atoms with Gasteiger partial charge in [0.25, 0.3) is 0 Å². The van der Waals surface area contributed by atoms with E-state index in [-0.39, 0.29) is 0 Å². The first-order valence-electron chi connectivity index (χ1n) is 4.37. The van der Waals surface area contributed by atoms with E-state index >= 15 is 0 Å². The van der Waals surface area contributed by atoms with Crippen LogP contribution in [0.2, 0.25) is 0 Å². The summed E-state index contributed by atoms with van der Waals surface area (Å²) in [6.07, 6.45) is 0. The van der Waals surface area contributed by atoms with Crippen molar-refractivity contribution < 1.29 is 19.1 Å². The van der Waals surface area contributed by atoms with Crippen LogP contribution in [-0.2, 0) is 9.68 Å². The topological polar surface area (TPSA) is 40.2 Å². The minimum absolute atomic E-state index is 0.620. The molecule has 5 nitrogen and oxygen atoms in total. The highest BCUT2D eigenvalue weighted by Gasteiger charge is 2.09. The fraction of sp³-hybridized carbons (Fsp3) is 0.400. The maximum absolute atomic E-state index is 5.15. The fourth-order valence-electron chi connectivity index (χ4n) is 1.22. The molecule has 15 heavy (non-hydrogen) atoms. The number of benzene rings is 1. The average Bonchev–Trinajstić information content (AvgIpc) is 2.30. The monoisotopic (exact) mass is 213 g/mol. The van der Waals surface area contributed by atoms with Crippen LogP contribution in [-0.4, -0.2) is 28.4 Å². The number of hydrogen-bond acceptors (Lipinski definition) is 5. The molecule has 1 rings (SSSR count). The lowest BCUT2D eigenvalue weighted by atomic mass is 10.3. The number of rotatable bonds is 5. The molecule has 0 atom stereocenters. The van der Waals surface area contributed by atoms with Crippen molar-refractivity contribution in [2.24, 2.45) is 0 Å². The summed E-state index contributed by atoms with van der Waals surface area (Å²) < 4.78 is 10.3. The Kier molecular flexibility index (Phi) is 4.20. The third kappa shape index (κ3) is 2.51. The predicted molar refractivity (Wildman–Crippen MR) is 56.0 cm³/mol. The molecule has 84 valence electrons. The van der Waals surface area contributed by atoms with Crippen LogP contribution in [0.1, 0.15) is 0 Å². The lowest BCUT2D eigenvalue weighted by Crippen LogP contribution is -2.19. The summed E-state index contributed by atoms with van der Waals surface area (Å²) in [6.45, 7) is 0. The molecule has 0 saturated carbocycles. The smallest absolute Gasteiger partial charge is 0.162 e. The van der Waals surface area contributed by atoms with Crippen molar-refractivity contribution in [2.45, 2.75) is 0 Å². The van der Waals surface area contributed by atoms with Crippen molar-refractivity contribution in [2.75, 3.05) is 33.7 Å². The second-order valence-electron chi connectivity index (χ2n) is 2.66. The van der Waals surface area contributed by atoms with Crippen molar-refractivity contribution in [1.82, 2.24) is 0 Å². The van der Waals surface area contributed by atoms with Gasteiger partial charge in [-0.3, -0.25) is 9.68 Å². The van der Waals surface area contributed by atoms with Crippen molar-refractivity contribution in [3.8, 4) is 11.5 Å². The highest BCUT2D eigenvalue weighted by atomic mass is 16.9. The van der Waals surface area contributed by atoms with Gasteiger partial charge < -0.3 is 9.47 Å². The van der Waals surface area contributed by atoms with Crippen LogP contribution >= 0.6 is 0 Å². The first kappa shape index (κ1) is 11.6. The van der Waals surface area contributed by atoms with E-state index in [4.69, 9.17) is 19.1 Å². The highest BCUT2D eigenvalue weighted by Crippen LogP contribution is 2.31. The van der Waals surface area contributed by atoms with Crippen LogP contribution in [0.4, 0.5) is 5.69 Å². The Hall–Kier alpha value is -1.46. The van der Waals surface area contributed by atoms with Gasteiger partial charge in [0.15, 0.2) is 11.5 Å². The Morgan fingerprint density at radius 3 is 1.93 bits per heavy atom. The Bertz CT molecular complexity index is 312. The Labute approximate surface area is 89.0 Å². The standard InChI is InChI=1S/C10H15NO4/c1-12-9-6-5-8(7-10(9)13-2)11(14-3)15-4/h5-7H,1-4H3. The van der Waals surface area contributed by atoms with Crippen LogP contribution in [0.25, 0.3) is 0 Å². The zero-order valence-electron chi connectivity index (χ0n) is 9.31. The quantitative estimate of drug-likeness (QED) is 0.695. The molecule has 0 amide bonds. The molecule has 0 bridgehead atoms. The minimum atomic E-state index is 0.620. The van der Waals surface area contributed by atoms with Crippen molar-refractivity contribution in [3.63, 3.8) is 0 Å². The lowest BCUT2D eigenvalue weighted by molar-refractivity contribution is -0.0433. The number of anilines is 1. The van der Waals surface area contributed by atoms with Crippen molar-refractivity contribution in [3.05, 3.63) is 18.2 Å². The van der Waals surface area contributed by atoms with E-state index < -0.39 is 0 Å². The van der Waals surface area contributed by atoms with E-state index in [1.54, 1.807) is 32.4 Å². The molecular formula is C10H15NO4. The molecule has 0 fully saturated rings. The minimum Gasteiger partial charge on any atom is -0.493 e. The van der Waals surface area contributed by atoms with Gasteiger partial charge in [-0.25, -0.2) is 0 Å². The van der Waals surface area contributed by atoms with Gasteiger partial charge in [0, 0.05) is 6.07 Å². The maximum atomic E-state index is 5.15. The molecular weight excluding hydrogens is 198 g/mol. The molecule has 5 heteroatoms. The van der Waals surface area contributed by atoms with Gasteiger partial charge in [-0.1, -0.05) is 0 Å². The largest absolute Gasteiger partial charge is 0.493 e. The second-order valence-corrected chi connectivity index (χ2v) is 2.66. The first-order valence-corrected chi connectivity index (χ1v) is 4.37. The summed E-state index contributed by atoms with van der Waals surface area (Å²) in [5.41, 5.74) is 0.720. The van der Waals surface area contributed by atoms with Crippen LogP contribution in [0, 0.1) is 0 Å². The summed E-state index contributed by atoms with van der Waals surface area (Å²) in [5.74, 6) is 1.28. The normalized spacial score (nSPS) is 9.87. The van der Waals surface area contributed by atoms with E-state index in [1.807, 2.05) is 0 Å². The lowest BCUT2D eigenvalue weighted by Gasteiger charge is -2.19. The van der Waals surface area contributed by atoms with Crippen LogP contribution < -0.4 is 14.7 Å². The van der Waals surface area contributed by atoms with Gasteiger partial charge in [0.2, 0.25) is 0 Å². The number of nitrogens with zero attached hydrogens (tertiary/aromatic N) is 1. The summed E-state index contributed by atoms with van der Waals surface area (Å²) in [6, 6.07) is 5.33. The van der Waals surface area contributed by atoms with E-state index in [9.17, 15) is 0 Å². The van der Waals surface area contributed by atoms with Gasteiger partial charge in [-0.05, 0) is 12.1 Å². The third-order valence-electron chi connectivity index (χ3n) is 1.91. The summed E-state index contributed by atoms with van der Waals surface area (Å²) >= 11 is 0. The molecule has 0 aliphatic carbocycles. The molecule has 0 saturated heterocycles. The number of hydrogen-bond donors (Lipinski definition) is 0. The molecule has 0 heterocycles. The number of ether oxygens (including phenoxy) is 2. The molecule has 0 aliphatic heterocycles. The molecule has 1 aromatic carbocycles. The van der Waals surface area contributed by atoms with Crippen LogP contribution in [0.5, 0.6) is 11.5 Å². The zero-order chi connectivity index (χ0) is 11.3. The van der Waals surface area contributed by atoms with Gasteiger partial charge in [-0.15, -0.1) is 5.23 Å². The summed E-state index contributed by atoms with van der Waals surface area (Å²) in [5, 5.41) is 1.27. The Morgan fingerprint density at radius 1 is 0.867 bits per heavy atom. The molecule has 0 N–H and O–H groups in total. The van der Waals surface area contributed by atoms with Crippen LogP contribution in [0.3, 0.4) is 0 Å². The number of methoxy groups -OCH3 is 2. The molecule has 0 aromatic heterocycles. The van der Waals surface area contributed by atoms with Crippen LogP contribution in [0.15, 0.2) is 18.2 Å². The molecule has 0 unspecified atom stereocenters. The molecule has 1 aromatic rings. The van der Waals surface area contributed by atoms with E-state index in [2.05, 4.69) is 0 Å². The van der Waals surface area contributed by atoms with Crippen molar-refractivity contribution >= 4 is 5.69 Å². The Balaban J connectivity index is 3.01. The van der Waals surface area contributed by atoms with Gasteiger partial charge in [-0.2, -0.15) is 0 Å². The highest BCUT2D eigenvalue weighted by molar-refractivity contribution is 5.54. The van der Waals surface area contributed by atoms with Gasteiger partial charge in [0.05, 0.1) is 34.1 Å². The van der Waals surface area contributed by atoms with E-state index in [0.29, 0.717) is 11.5 Å². The second kappa shape index (κ2) is 5.43. The molecule has 0 spiro atoms. The fourth-order valence-corrected chi connectivity index (χ4v) is 1.22. The van der Waals surface area contributed by atoms with E-state index in [1.165, 1.54) is 19.4 Å². The van der Waals surface area contributed by atoms with Crippen molar-refractivity contribution in [1.29, 1.82) is 0 Å². The zero-order valence-corrected chi connectivity index (χ0v) is 9.31. The SMILES string of the molecule is COc1ccc(N(OC)OC)cc1OC. The average molecular weight is 213 g/mol. The van der Waals surface area contributed by atoms with Gasteiger partial charge in [0.1, 0.15) is 0 Å². The first-order chi connectivity index (χ1) is 7.26. The summed E-state index contributed by atoms with van der Waals surface area (Å²) in [4.78, 5) is 9.95.